The monoisotopic (exact) mass is 273 g/mol. The largest absolute Gasteiger partial charge is 0.319 e. The van der Waals surface area contributed by atoms with Crippen LogP contribution in [-0.2, 0) is 10.0 Å². The van der Waals surface area contributed by atoms with E-state index in [1.807, 2.05) is 0 Å². The van der Waals surface area contributed by atoms with Crippen LogP contribution in [0.1, 0.15) is 5.56 Å². The average Bonchev–Trinajstić information content (AvgIpc) is 2.29. The zero-order chi connectivity index (χ0) is 13.8. The first-order valence-electron chi connectivity index (χ1n) is 5.26. The van der Waals surface area contributed by atoms with E-state index in [9.17, 15) is 18.5 Å². The Morgan fingerprint density at radius 3 is 2.56 bits per heavy atom. The Bertz CT molecular complexity index is 542. The van der Waals surface area contributed by atoms with E-state index < -0.39 is 14.9 Å². The van der Waals surface area contributed by atoms with Gasteiger partial charge in [-0.1, -0.05) is 0 Å². The van der Waals surface area contributed by atoms with Gasteiger partial charge in [0.25, 0.3) is 5.69 Å². The molecule has 1 aromatic carbocycles. The van der Waals surface area contributed by atoms with Gasteiger partial charge in [0.1, 0.15) is 0 Å². The van der Waals surface area contributed by atoms with Gasteiger partial charge >= 0.3 is 0 Å². The lowest BCUT2D eigenvalue weighted by Gasteiger charge is -2.10. The molecule has 0 aliphatic carbocycles. The van der Waals surface area contributed by atoms with Gasteiger partial charge in [-0.25, -0.2) is 8.42 Å². The minimum Gasteiger partial charge on any atom is -0.319 e. The summed E-state index contributed by atoms with van der Waals surface area (Å²) >= 11 is 0. The Kier molecular flexibility index (Phi) is 4.62. The van der Waals surface area contributed by atoms with Crippen molar-refractivity contribution in [2.75, 3.05) is 24.1 Å². The summed E-state index contributed by atoms with van der Waals surface area (Å²) < 4.78 is 25.7. The fourth-order valence-electron chi connectivity index (χ4n) is 1.33. The third-order valence-corrected chi connectivity index (χ3v) is 3.58. The number of anilines is 1. The molecule has 7 nitrogen and oxygen atoms in total. The second-order valence-electron chi connectivity index (χ2n) is 3.78. The molecule has 0 unspecified atom stereocenters. The Labute approximate surface area is 105 Å². The molecule has 0 saturated carbocycles. The molecule has 0 saturated heterocycles. The summed E-state index contributed by atoms with van der Waals surface area (Å²) in [5, 5.41) is 13.3. The predicted molar refractivity (Wildman–Crippen MR) is 69.2 cm³/mol. The van der Waals surface area contributed by atoms with E-state index >= 15 is 0 Å². The van der Waals surface area contributed by atoms with E-state index in [0.29, 0.717) is 17.8 Å². The maximum Gasteiger partial charge on any atom is 0.269 e. The van der Waals surface area contributed by atoms with Gasteiger partial charge in [0.05, 0.1) is 16.4 Å². The zero-order valence-corrected chi connectivity index (χ0v) is 11.0. The van der Waals surface area contributed by atoms with E-state index in [2.05, 4.69) is 10.0 Å². The van der Waals surface area contributed by atoms with Crippen LogP contribution >= 0.6 is 0 Å². The number of nitrogens with one attached hydrogen (secondary N) is 2. The number of benzene rings is 1. The number of aryl methyl sites for hydroxylation is 1. The second-order valence-corrected chi connectivity index (χ2v) is 5.62. The predicted octanol–water partition coefficient (Wildman–Crippen LogP) is 0.864. The van der Waals surface area contributed by atoms with Gasteiger partial charge in [-0.15, -0.1) is 0 Å². The summed E-state index contributed by atoms with van der Waals surface area (Å²) in [6.45, 7) is 1.95. The summed E-state index contributed by atoms with van der Waals surface area (Å²) in [4.78, 5) is 10.0. The lowest BCUT2D eigenvalue weighted by Crippen LogP contribution is -2.24. The molecular formula is C10H15N3O4S. The molecule has 0 bridgehead atoms. The highest BCUT2D eigenvalue weighted by atomic mass is 32.2. The molecule has 0 fully saturated rings. The van der Waals surface area contributed by atoms with E-state index in [1.54, 1.807) is 14.0 Å². The van der Waals surface area contributed by atoms with Gasteiger partial charge in [0.2, 0.25) is 10.0 Å². The number of nitro benzene ring substituents is 1. The van der Waals surface area contributed by atoms with Crippen LogP contribution in [0.2, 0.25) is 0 Å². The molecule has 0 aliphatic heterocycles. The molecule has 18 heavy (non-hydrogen) atoms. The molecule has 0 atom stereocenters. The van der Waals surface area contributed by atoms with Crippen LogP contribution in [0.25, 0.3) is 0 Å². The topological polar surface area (TPSA) is 101 Å². The van der Waals surface area contributed by atoms with Crippen molar-refractivity contribution in [2.24, 2.45) is 0 Å². The Balaban J connectivity index is 2.89. The van der Waals surface area contributed by atoms with Gasteiger partial charge < -0.3 is 5.32 Å². The van der Waals surface area contributed by atoms with Crippen molar-refractivity contribution in [3.8, 4) is 0 Å². The molecule has 8 heteroatoms. The van der Waals surface area contributed by atoms with Crippen LogP contribution in [0.5, 0.6) is 0 Å². The van der Waals surface area contributed by atoms with Crippen molar-refractivity contribution >= 4 is 21.4 Å². The first kappa shape index (κ1) is 14.4. The fourth-order valence-corrected chi connectivity index (χ4v) is 2.47. The highest BCUT2D eigenvalue weighted by Gasteiger charge is 2.13. The van der Waals surface area contributed by atoms with Crippen molar-refractivity contribution in [1.82, 2.24) is 5.32 Å². The molecular weight excluding hydrogens is 258 g/mol. The molecule has 1 aromatic rings. The summed E-state index contributed by atoms with van der Waals surface area (Å²) in [7, 11) is -1.78. The van der Waals surface area contributed by atoms with Gasteiger partial charge in [-0.05, 0) is 25.6 Å². The number of sulfonamides is 1. The summed E-state index contributed by atoms with van der Waals surface area (Å²) in [6.07, 6.45) is 0. The molecule has 0 amide bonds. The minimum absolute atomic E-state index is 0.0556. The molecule has 0 aromatic heterocycles. The van der Waals surface area contributed by atoms with E-state index in [-0.39, 0.29) is 11.4 Å². The lowest BCUT2D eigenvalue weighted by atomic mass is 10.2. The molecule has 0 aliphatic rings. The molecule has 100 valence electrons. The maximum atomic E-state index is 11.6. The zero-order valence-electron chi connectivity index (χ0n) is 10.1. The number of hydrogen-bond donors (Lipinski definition) is 2. The van der Waals surface area contributed by atoms with Crippen LogP contribution in [-0.4, -0.2) is 32.7 Å². The molecule has 0 spiro atoms. The maximum absolute atomic E-state index is 11.6. The number of non-ortho nitro benzene ring substituents is 1. The van der Waals surface area contributed by atoms with Crippen LogP contribution in [0.15, 0.2) is 18.2 Å². The Morgan fingerprint density at radius 1 is 1.39 bits per heavy atom. The van der Waals surface area contributed by atoms with E-state index in [4.69, 9.17) is 0 Å². The third-order valence-electron chi connectivity index (χ3n) is 2.31. The normalized spacial score (nSPS) is 11.2. The standard InChI is InChI=1S/C10H15N3O4S/c1-8-7-9(13(14)15)3-4-10(8)12-18(16,17)6-5-11-2/h3-4,7,11-12H,5-6H2,1-2H3. The van der Waals surface area contributed by atoms with Crippen molar-refractivity contribution in [1.29, 1.82) is 0 Å². The van der Waals surface area contributed by atoms with Crippen LogP contribution in [0, 0.1) is 17.0 Å². The quantitative estimate of drug-likeness (QED) is 0.591. The Morgan fingerprint density at radius 2 is 2.06 bits per heavy atom. The average molecular weight is 273 g/mol. The van der Waals surface area contributed by atoms with Crippen molar-refractivity contribution in [3.05, 3.63) is 33.9 Å². The Hall–Kier alpha value is -1.67. The second kappa shape index (κ2) is 5.78. The van der Waals surface area contributed by atoms with Crippen LogP contribution in [0.3, 0.4) is 0 Å². The van der Waals surface area contributed by atoms with Crippen LogP contribution < -0.4 is 10.0 Å². The summed E-state index contributed by atoms with van der Waals surface area (Å²) in [5.41, 5.74) is 0.805. The third kappa shape index (κ3) is 3.97. The highest BCUT2D eigenvalue weighted by Crippen LogP contribution is 2.21. The van der Waals surface area contributed by atoms with Gasteiger partial charge in [-0.2, -0.15) is 0 Å². The first-order chi connectivity index (χ1) is 8.35. The van der Waals surface area contributed by atoms with Crippen molar-refractivity contribution < 1.29 is 13.3 Å². The molecule has 1 rings (SSSR count). The van der Waals surface area contributed by atoms with Crippen molar-refractivity contribution in [2.45, 2.75) is 6.92 Å². The van der Waals surface area contributed by atoms with E-state index in [0.717, 1.165) is 0 Å². The number of nitrogens with zero attached hydrogens (tertiary/aromatic N) is 1. The first-order valence-corrected chi connectivity index (χ1v) is 6.91. The molecule has 0 heterocycles. The summed E-state index contributed by atoms with van der Waals surface area (Å²) in [5.74, 6) is -0.0556. The summed E-state index contributed by atoms with van der Waals surface area (Å²) in [6, 6.07) is 3.99. The van der Waals surface area contributed by atoms with Crippen molar-refractivity contribution in [3.63, 3.8) is 0 Å². The minimum atomic E-state index is -3.43. The van der Waals surface area contributed by atoms with Gasteiger partial charge in [-0.3, -0.25) is 14.8 Å². The lowest BCUT2D eigenvalue weighted by molar-refractivity contribution is -0.384. The highest BCUT2D eigenvalue weighted by molar-refractivity contribution is 7.92. The fraction of sp³-hybridized carbons (Fsp3) is 0.400. The SMILES string of the molecule is CNCCS(=O)(=O)Nc1ccc([N+](=O)[O-])cc1C. The number of hydrogen-bond acceptors (Lipinski definition) is 5. The smallest absolute Gasteiger partial charge is 0.269 e. The number of nitro groups is 1. The molecule has 2 N–H and O–H groups in total. The molecule has 0 radical (unpaired) electrons. The van der Waals surface area contributed by atoms with Crippen LogP contribution in [0.4, 0.5) is 11.4 Å². The van der Waals surface area contributed by atoms with Gasteiger partial charge in [0, 0.05) is 18.7 Å². The van der Waals surface area contributed by atoms with Gasteiger partial charge in [0.15, 0.2) is 0 Å². The number of rotatable bonds is 6. The van der Waals surface area contributed by atoms with E-state index in [1.165, 1.54) is 18.2 Å².